The Morgan fingerprint density at radius 1 is 0.938 bits per heavy atom. The van der Waals surface area contributed by atoms with Crippen LogP contribution in [0.2, 0.25) is 0 Å². The molecule has 2 heterocycles. The fourth-order valence-electron chi connectivity index (χ4n) is 3.14. The molecule has 3 rings (SSSR count). The van der Waals surface area contributed by atoms with Gasteiger partial charge in [0.1, 0.15) is 11.6 Å². The summed E-state index contributed by atoms with van der Waals surface area (Å²) in [5.74, 6) is -0.592. The van der Waals surface area contributed by atoms with Gasteiger partial charge in [0, 0.05) is 18.2 Å². The second kappa shape index (κ2) is 3.81. The number of hydrogen-bond acceptors (Lipinski definition) is 1. The van der Waals surface area contributed by atoms with Crippen LogP contribution in [0.4, 0.5) is 8.78 Å². The minimum Gasteiger partial charge on any atom is -0.311 e. The van der Waals surface area contributed by atoms with E-state index < -0.39 is 11.6 Å². The Labute approximate surface area is 93.9 Å². The van der Waals surface area contributed by atoms with Crippen molar-refractivity contribution in [2.45, 2.75) is 43.7 Å². The van der Waals surface area contributed by atoms with Crippen LogP contribution in [0.5, 0.6) is 0 Å². The summed E-state index contributed by atoms with van der Waals surface area (Å²) >= 11 is 0. The Hall–Kier alpha value is -0.960. The highest BCUT2D eigenvalue weighted by Gasteiger charge is 2.34. The van der Waals surface area contributed by atoms with Gasteiger partial charge in [0.15, 0.2) is 0 Å². The largest absolute Gasteiger partial charge is 0.311 e. The zero-order chi connectivity index (χ0) is 11.1. The maximum absolute atomic E-state index is 13.1. The van der Waals surface area contributed by atoms with Gasteiger partial charge in [-0.05, 0) is 49.3 Å². The molecule has 2 bridgehead atoms. The van der Waals surface area contributed by atoms with E-state index in [2.05, 4.69) is 5.32 Å². The minimum atomic E-state index is -0.458. The maximum Gasteiger partial charge on any atom is 0.126 e. The molecule has 1 aromatic carbocycles. The molecule has 86 valence electrons. The fourth-order valence-corrected chi connectivity index (χ4v) is 3.14. The van der Waals surface area contributed by atoms with Crippen molar-refractivity contribution in [2.75, 3.05) is 0 Å². The van der Waals surface area contributed by atoms with Crippen molar-refractivity contribution in [1.29, 1.82) is 0 Å². The van der Waals surface area contributed by atoms with E-state index >= 15 is 0 Å². The third-order valence-electron chi connectivity index (χ3n) is 3.83. The molecule has 1 aromatic rings. The summed E-state index contributed by atoms with van der Waals surface area (Å²) in [5, 5.41) is 3.53. The molecule has 1 nitrogen and oxygen atoms in total. The molecular formula is C13H15F2N. The summed E-state index contributed by atoms with van der Waals surface area (Å²) in [6, 6.07) is 5.01. The molecule has 2 atom stereocenters. The summed E-state index contributed by atoms with van der Waals surface area (Å²) in [5.41, 5.74) is 0.830. The van der Waals surface area contributed by atoms with Crippen molar-refractivity contribution in [3.63, 3.8) is 0 Å². The van der Waals surface area contributed by atoms with Gasteiger partial charge in [0.25, 0.3) is 0 Å². The Balaban J connectivity index is 1.86. The van der Waals surface area contributed by atoms with Crippen LogP contribution in [-0.4, -0.2) is 12.1 Å². The minimum absolute atomic E-state index is 0.323. The number of piperidine rings is 1. The van der Waals surface area contributed by atoms with Crippen LogP contribution >= 0.6 is 0 Å². The molecule has 0 spiro atoms. The van der Waals surface area contributed by atoms with E-state index in [1.54, 1.807) is 0 Å². The van der Waals surface area contributed by atoms with Gasteiger partial charge in [-0.1, -0.05) is 0 Å². The molecule has 0 amide bonds. The lowest BCUT2D eigenvalue weighted by atomic mass is 9.86. The van der Waals surface area contributed by atoms with E-state index in [9.17, 15) is 8.78 Å². The quantitative estimate of drug-likeness (QED) is 0.771. The molecule has 2 unspecified atom stereocenters. The molecule has 0 aromatic heterocycles. The van der Waals surface area contributed by atoms with E-state index in [4.69, 9.17) is 0 Å². The van der Waals surface area contributed by atoms with Gasteiger partial charge in [-0.25, -0.2) is 8.78 Å². The average molecular weight is 223 g/mol. The van der Waals surface area contributed by atoms with E-state index in [1.807, 2.05) is 0 Å². The number of benzene rings is 1. The van der Waals surface area contributed by atoms with Crippen molar-refractivity contribution < 1.29 is 8.78 Å². The zero-order valence-corrected chi connectivity index (χ0v) is 9.05. The van der Waals surface area contributed by atoms with E-state index in [-0.39, 0.29) is 0 Å². The molecule has 2 fully saturated rings. The highest BCUT2D eigenvalue weighted by atomic mass is 19.1. The SMILES string of the molecule is Fc1cc(F)cc(C2CC3CCC(C2)N3)c1. The molecule has 0 radical (unpaired) electrons. The number of halogens is 2. The molecule has 2 aliphatic rings. The highest BCUT2D eigenvalue weighted by Crippen LogP contribution is 2.37. The first-order valence-corrected chi connectivity index (χ1v) is 5.93. The molecule has 1 N–H and O–H groups in total. The number of rotatable bonds is 1. The molecule has 0 saturated carbocycles. The first kappa shape index (κ1) is 10.2. The molecular weight excluding hydrogens is 208 g/mol. The van der Waals surface area contributed by atoms with Crippen molar-refractivity contribution in [1.82, 2.24) is 5.32 Å². The average Bonchev–Trinajstić information content (AvgIpc) is 2.56. The van der Waals surface area contributed by atoms with Crippen molar-refractivity contribution in [2.24, 2.45) is 0 Å². The zero-order valence-electron chi connectivity index (χ0n) is 9.05. The van der Waals surface area contributed by atoms with E-state index in [1.165, 1.54) is 25.0 Å². The van der Waals surface area contributed by atoms with E-state index in [0.29, 0.717) is 18.0 Å². The van der Waals surface area contributed by atoms with Gasteiger partial charge in [0.2, 0.25) is 0 Å². The standard InChI is InChI=1S/C13H15F2N/c14-10-3-8(4-11(15)7-10)9-5-12-1-2-13(6-9)16-12/h3-4,7,9,12-13,16H,1-2,5-6H2. The monoisotopic (exact) mass is 223 g/mol. The Morgan fingerprint density at radius 3 is 2.06 bits per heavy atom. The number of hydrogen-bond donors (Lipinski definition) is 1. The summed E-state index contributed by atoms with van der Waals surface area (Å²) in [6.07, 6.45) is 4.44. The van der Waals surface area contributed by atoms with Crippen LogP contribution in [0.15, 0.2) is 18.2 Å². The summed E-state index contributed by atoms with van der Waals surface area (Å²) in [4.78, 5) is 0. The van der Waals surface area contributed by atoms with Crippen LogP contribution < -0.4 is 5.32 Å². The molecule has 2 aliphatic heterocycles. The topological polar surface area (TPSA) is 12.0 Å². The summed E-state index contributed by atoms with van der Waals surface area (Å²) in [6.45, 7) is 0. The lowest BCUT2D eigenvalue weighted by molar-refractivity contribution is 0.361. The van der Waals surface area contributed by atoms with Gasteiger partial charge in [-0.15, -0.1) is 0 Å². The van der Waals surface area contributed by atoms with Crippen LogP contribution in [-0.2, 0) is 0 Å². The second-order valence-electron chi connectivity index (χ2n) is 5.01. The Kier molecular flexibility index (Phi) is 2.43. The number of nitrogens with one attached hydrogen (secondary N) is 1. The smallest absolute Gasteiger partial charge is 0.126 e. The van der Waals surface area contributed by atoms with Crippen LogP contribution in [0.25, 0.3) is 0 Å². The lowest BCUT2D eigenvalue weighted by Crippen LogP contribution is -2.37. The molecule has 2 saturated heterocycles. The van der Waals surface area contributed by atoms with Crippen molar-refractivity contribution >= 4 is 0 Å². The lowest BCUT2D eigenvalue weighted by Gasteiger charge is -2.29. The fraction of sp³-hybridized carbons (Fsp3) is 0.538. The highest BCUT2D eigenvalue weighted by molar-refractivity contribution is 5.23. The summed E-state index contributed by atoms with van der Waals surface area (Å²) in [7, 11) is 0. The third kappa shape index (κ3) is 1.84. The van der Waals surface area contributed by atoms with Gasteiger partial charge < -0.3 is 5.32 Å². The predicted molar refractivity (Wildman–Crippen MR) is 58.3 cm³/mol. The van der Waals surface area contributed by atoms with Crippen molar-refractivity contribution in [3.8, 4) is 0 Å². The van der Waals surface area contributed by atoms with E-state index in [0.717, 1.165) is 24.5 Å². The van der Waals surface area contributed by atoms with Gasteiger partial charge in [-0.2, -0.15) is 0 Å². The maximum atomic E-state index is 13.1. The normalized spacial score (nSPS) is 33.0. The van der Waals surface area contributed by atoms with Crippen LogP contribution in [0.3, 0.4) is 0 Å². The van der Waals surface area contributed by atoms with Gasteiger partial charge >= 0.3 is 0 Å². The Bertz CT molecular complexity index is 373. The molecule has 16 heavy (non-hydrogen) atoms. The Morgan fingerprint density at radius 2 is 1.50 bits per heavy atom. The van der Waals surface area contributed by atoms with Crippen LogP contribution in [0.1, 0.15) is 37.2 Å². The predicted octanol–water partition coefficient (Wildman–Crippen LogP) is 2.96. The number of fused-ring (bicyclic) bond motifs is 2. The second-order valence-corrected chi connectivity index (χ2v) is 5.01. The summed E-state index contributed by atoms with van der Waals surface area (Å²) < 4.78 is 26.3. The first-order chi connectivity index (χ1) is 7.70. The van der Waals surface area contributed by atoms with Gasteiger partial charge in [-0.3, -0.25) is 0 Å². The van der Waals surface area contributed by atoms with Crippen LogP contribution in [0, 0.1) is 11.6 Å². The van der Waals surface area contributed by atoms with Crippen molar-refractivity contribution in [3.05, 3.63) is 35.4 Å². The molecule has 0 aliphatic carbocycles. The third-order valence-corrected chi connectivity index (χ3v) is 3.83. The first-order valence-electron chi connectivity index (χ1n) is 5.93. The van der Waals surface area contributed by atoms with Gasteiger partial charge in [0.05, 0.1) is 0 Å². The molecule has 3 heteroatoms.